The topological polar surface area (TPSA) is 54.3 Å². The van der Waals surface area contributed by atoms with Crippen LogP contribution in [0.15, 0.2) is 52.3 Å². The fourth-order valence-electron chi connectivity index (χ4n) is 3.85. The fourth-order valence-corrected chi connectivity index (χ4v) is 6.08. The number of nitrogens with one attached hydrogen (secondary N) is 1. The number of fused-ring (bicyclic) bond motifs is 1. The smallest absolute Gasteiger partial charge is 0.210 e. The monoisotopic (exact) mass is 403 g/mol. The summed E-state index contributed by atoms with van der Waals surface area (Å²) < 4.78 is 28.9. The summed E-state index contributed by atoms with van der Waals surface area (Å²) >= 11 is 6.22. The molecular weight excluding hydrogens is 382 g/mol. The van der Waals surface area contributed by atoms with Crippen LogP contribution in [-0.4, -0.2) is 39.2 Å². The number of aryl methyl sites for hydroxylation is 1. The van der Waals surface area contributed by atoms with Crippen LogP contribution in [0.4, 0.5) is 5.69 Å². The fraction of sp³-hybridized carbons (Fsp3) is 0.300. The molecule has 2 aromatic carbocycles. The van der Waals surface area contributed by atoms with Crippen molar-refractivity contribution in [2.45, 2.75) is 16.7 Å². The van der Waals surface area contributed by atoms with Crippen molar-refractivity contribution in [1.29, 1.82) is 0 Å². The lowest BCUT2D eigenvalue weighted by atomic mass is 10.2. The van der Waals surface area contributed by atoms with Crippen LogP contribution in [0.1, 0.15) is 5.69 Å². The maximum atomic E-state index is 13.5. The van der Waals surface area contributed by atoms with Gasteiger partial charge in [-0.15, -0.1) is 0 Å². The van der Waals surface area contributed by atoms with Gasteiger partial charge in [0.15, 0.2) is 0 Å². The lowest BCUT2D eigenvalue weighted by Gasteiger charge is -2.30. The normalized spacial score (nSPS) is 15.4. The lowest BCUT2D eigenvalue weighted by Crippen LogP contribution is -2.43. The van der Waals surface area contributed by atoms with E-state index in [2.05, 4.69) is 16.3 Å². The Morgan fingerprint density at radius 2 is 1.74 bits per heavy atom. The number of aromatic nitrogens is 1. The zero-order valence-corrected chi connectivity index (χ0v) is 16.9. The van der Waals surface area contributed by atoms with Gasteiger partial charge in [-0.25, -0.2) is 8.42 Å². The van der Waals surface area contributed by atoms with Crippen LogP contribution in [0, 0.1) is 6.92 Å². The minimum atomic E-state index is -3.74. The first-order valence-electron chi connectivity index (χ1n) is 8.96. The summed E-state index contributed by atoms with van der Waals surface area (Å²) in [4.78, 5) is 2.80. The van der Waals surface area contributed by atoms with E-state index in [9.17, 15) is 8.42 Å². The summed E-state index contributed by atoms with van der Waals surface area (Å²) in [5, 5.41) is 4.34. The molecule has 0 saturated carbocycles. The molecule has 1 aromatic heterocycles. The number of hydrogen-bond donors (Lipinski definition) is 1. The first-order valence-corrected chi connectivity index (χ1v) is 10.8. The third-order valence-electron chi connectivity index (χ3n) is 5.28. The van der Waals surface area contributed by atoms with Gasteiger partial charge in [-0.1, -0.05) is 35.9 Å². The molecule has 142 valence electrons. The molecule has 0 atom stereocenters. The van der Waals surface area contributed by atoms with E-state index < -0.39 is 9.84 Å². The number of rotatable bonds is 3. The Bertz CT molecular complexity index is 1120. The van der Waals surface area contributed by atoms with Crippen molar-refractivity contribution in [3.63, 3.8) is 0 Å². The summed E-state index contributed by atoms with van der Waals surface area (Å²) in [5.74, 6) is 0. The predicted octanol–water partition coefficient (Wildman–Crippen LogP) is 3.38. The molecule has 1 aliphatic heterocycles. The summed E-state index contributed by atoms with van der Waals surface area (Å²) in [6.45, 7) is 5.49. The molecule has 7 heteroatoms. The van der Waals surface area contributed by atoms with E-state index in [1.54, 1.807) is 24.3 Å². The van der Waals surface area contributed by atoms with Gasteiger partial charge in [0.05, 0.1) is 21.1 Å². The average Bonchev–Trinajstić information content (AvgIpc) is 2.94. The number of anilines is 1. The Balaban J connectivity index is 1.98. The first-order chi connectivity index (χ1) is 12.9. The molecule has 0 bridgehead atoms. The number of nitrogens with zero attached hydrogens (tertiary/aromatic N) is 2. The zero-order chi connectivity index (χ0) is 19.2. The Morgan fingerprint density at radius 1 is 1.04 bits per heavy atom. The molecule has 5 nitrogen and oxygen atoms in total. The second kappa shape index (κ2) is 6.86. The molecule has 1 fully saturated rings. The molecule has 1 aliphatic rings. The minimum absolute atomic E-state index is 0.148. The van der Waals surface area contributed by atoms with Crippen LogP contribution in [0.3, 0.4) is 0 Å². The van der Waals surface area contributed by atoms with Gasteiger partial charge in [-0.2, -0.15) is 0 Å². The van der Waals surface area contributed by atoms with Crippen LogP contribution >= 0.6 is 11.6 Å². The van der Waals surface area contributed by atoms with Crippen molar-refractivity contribution in [1.82, 2.24) is 9.88 Å². The highest BCUT2D eigenvalue weighted by Crippen LogP contribution is 2.39. The van der Waals surface area contributed by atoms with Gasteiger partial charge in [0.25, 0.3) is 0 Å². The van der Waals surface area contributed by atoms with Crippen molar-refractivity contribution < 1.29 is 8.42 Å². The summed E-state index contributed by atoms with van der Waals surface area (Å²) in [6.07, 6.45) is 0. The predicted molar refractivity (Wildman–Crippen MR) is 110 cm³/mol. The minimum Gasteiger partial charge on any atom is -0.367 e. The molecular formula is C20H22ClN3O2S. The van der Waals surface area contributed by atoms with Crippen molar-refractivity contribution in [2.24, 2.45) is 7.05 Å². The van der Waals surface area contributed by atoms with Crippen LogP contribution in [-0.2, 0) is 16.9 Å². The van der Waals surface area contributed by atoms with Gasteiger partial charge in [0.1, 0.15) is 4.90 Å². The van der Waals surface area contributed by atoms with Crippen LogP contribution in [0.2, 0.25) is 5.02 Å². The van der Waals surface area contributed by atoms with Gasteiger partial charge in [0.2, 0.25) is 9.84 Å². The second-order valence-electron chi connectivity index (χ2n) is 6.82. The number of piperazine rings is 1. The van der Waals surface area contributed by atoms with E-state index in [0.717, 1.165) is 42.8 Å². The van der Waals surface area contributed by atoms with Crippen molar-refractivity contribution in [3.05, 3.63) is 53.2 Å². The largest absolute Gasteiger partial charge is 0.367 e. The van der Waals surface area contributed by atoms with Crippen LogP contribution in [0.5, 0.6) is 0 Å². The molecule has 0 unspecified atom stereocenters. The van der Waals surface area contributed by atoms with Gasteiger partial charge in [-0.05, 0) is 25.1 Å². The zero-order valence-electron chi connectivity index (χ0n) is 15.4. The maximum absolute atomic E-state index is 13.5. The molecule has 4 rings (SSSR count). The summed E-state index contributed by atoms with van der Waals surface area (Å²) in [5.41, 5.74) is 2.73. The SMILES string of the molecule is Cc1c(S(=O)(=O)c2ccccc2Cl)c2cccc(N3CCNCC3)c2n1C. The molecule has 0 amide bonds. The third-order valence-corrected chi connectivity index (χ3v) is 7.71. The van der Waals surface area contributed by atoms with Gasteiger partial charge < -0.3 is 14.8 Å². The van der Waals surface area contributed by atoms with E-state index in [4.69, 9.17) is 11.6 Å². The molecule has 1 saturated heterocycles. The van der Waals surface area contributed by atoms with Crippen LogP contribution < -0.4 is 10.2 Å². The molecule has 27 heavy (non-hydrogen) atoms. The number of para-hydroxylation sites is 1. The number of benzene rings is 2. The number of sulfone groups is 1. The number of hydrogen-bond acceptors (Lipinski definition) is 4. The van der Waals surface area contributed by atoms with Crippen molar-refractivity contribution in [3.8, 4) is 0 Å². The highest BCUT2D eigenvalue weighted by molar-refractivity contribution is 7.92. The molecule has 0 aliphatic carbocycles. The average molecular weight is 404 g/mol. The lowest BCUT2D eigenvalue weighted by molar-refractivity contribution is 0.589. The van der Waals surface area contributed by atoms with Gasteiger partial charge >= 0.3 is 0 Å². The van der Waals surface area contributed by atoms with E-state index in [-0.39, 0.29) is 9.92 Å². The third kappa shape index (κ3) is 2.92. The molecule has 0 spiro atoms. The van der Waals surface area contributed by atoms with E-state index in [1.165, 1.54) is 0 Å². The Morgan fingerprint density at radius 3 is 2.44 bits per heavy atom. The van der Waals surface area contributed by atoms with Gasteiger partial charge in [0, 0.05) is 44.3 Å². The Kier molecular flexibility index (Phi) is 4.66. The Hall–Kier alpha value is -2.02. The number of halogens is 1. The standard InChI is InChI=1S/C20H22ClN3O2S/c1-14-20(27(25,26)18-9-4-3-7-16(18)21)15-6-5-8-17(19(15)23(14)2)24-12-10-22-11-13-24/h3-9,22H,10-13H2,1-2H3. The van der Waals surface area contributed by atoms with E-state index >= 15 is 0 Å². The first kappa shape index (κ1) is 18.3. The summed E-state index contributed by atoms with van der Waals surface area (Å²) in [6, 6.07) is 12.5. The molecule has 1 N–H and O–H groups in total. The molecule has 2 heterocycles. The molecule has 3 aromatic rings. The highest BCUT2D eigenvalue weighted by Gasteiger charge is 2.29. The van der Waals surface area contributed by atoms with Crippen molar-refractivity contribution in [2.75, 3.05) is 31.1 Å². The van der Waals surface area contributed by atoms with E-state index in [0.29, 0.717) is 10.6 Å². The molecule has 0 radical (unpaired) electrons. The van der Waals surface area contributed by atoms with Crippen LogP contribution in [0.25, 0.3) is 10.9 Å². The van der Waals surface area contributed by atoms with E-state index in [1.807, 2.05) is 30.7 Å². The Labute approximate surface area is 164 Å². The highest BCUT2D eigenvalue weighted by atomic mass is 35.5. The second-order valence-corrected chi connectivity index (χ2v) is 9.08. The van der Waals surface area contributed by atoms with Gasteiger partial charge in [-0.3, -0.25) is 0 Å². The summed E-state index contributed by atoms with van der Waals surface area (Å²) in [7, 11) is -1.81. The maximum Gasteiger partial charge on any atom is 0.210 e. The quantitative estimate of drug-likeness (QED) is 0.728. The van der Waals surface area contributed by atoms with Crippen molar-refractivity contribution >= 4 is 38.0 Å².